The van der Waals surface area contributed by atoms with Crippen LogP contribution in [0.15, 0.2) is 61.3 Å². The molecule has 0 unspecified atom stereocenters. The number of fused-ring (bicyclic) bond motifs is 2. The van der Waals surface area contributed by atoms with Gasteiger partial charge in [-0.2, -0.15) is 0 Å². The van der Waals surface area contributed by atoms with Crippen molar-refractivity contribution in [1.82, 2.24) is 24.9 Å². The Morgan fingerprint density at radius 2 is 1.97 bits per heavy atom. The zero-order chi connectivity index (χ0) is 20.5. The van der Waals surface area contributed by atoms with Gasteiger partial charge >= 0.3 is 0 Å². The SMILES string of the molecule is Cc1cc(CCNc2ncnc3nc[nH]c23)c(-c2cccc(F)c2)c2ncccc12. The number of hydrogen-bond donors (Lipinski definition) is 2. The molecule has 30 heavy (non-hydrogen) atoms. The molecule has 0 amide bonds. The quantitative estimate of drug-likeness (QED) is 0.450. The van der Waals surface area contributed by atoms with Crippen LogP contribution in [0.4, 0.5) is 10.2 Å². The van der Waals surface area contributed by atoms with Crippen molar-refractivity contribution in [1.29, 1.82) is 0 Å². The minimum Gasteiger partial charge on any atom is -0.368 e. The molecule has 0 radical (unpaired) electrons. The lowest BCUT2D eigenvalue weighted by atomic mass is 9.92. The number of aromatic nitrogens is 5. The summed E-state index contributed by atoms with van der Waals surface area (Å²) in [6.45, 7) is 2.72. The molecular weight excluding hydrogens is 379 g/mol. The standard InChI is InChI=1S/C23H19FN6/c1-14-10-16(7-9-26-22-21-23(28-12-27-21)30-13-29-22)19(15-4-2-5-17(24)11-15)20-18(14)6-3-8-25-20/h2-6,8,10-13H,7,9H2,1H3,(H2,26,27,28,29,30). The second kappa shape index (κ2) is 7.51. The zero-order valence-electron chi connectivity index (χ0n) is 16.4. The lowest BCUT2D eigenvalue weighted by Gasteiger charge is -2.16. The van der Waals surface area contributed by atoms with Crippen molar-refractivity contribution in [3.8, 4) is 11.1 Å². The van der Waals surface area contributed by atoms with Crippen molar-refractivity contribution in [3.63, 3.8) is 0 Å². The number of hydrogen-bond acceptors (Lipinski definition) is 5. The van der Waals surface area contributed by atoms with Gasteiger partial charge in [0.15, 0.2) is 11.5 Å². The van der Waals surface area contributed by atoms with Crippen molar-refractivity contribution in [3.05, 3.63) is 78.3 Å². The highest BCUT2D eigenvalue weighted by Crippen LogP contribution is 2.33. The molecule has 148 valence electrons. The number of aryl methyl sites for hydroxylation is 1. The average molecular weight is 398 g/mol. The lowest BCUT2D eigenvalue weighted by molar-refractivity contribution is 0.628. The fourth-order valence-corrected chi connectivity index (χ4v) is 3.86. The van der Waals surface area contributed by atoms with Gasteiger partial charge in [-0.15, -0.1) is 0 Å². The first-order valence-electron chi connectivity index (χ1n) is 9.72. The van der Waals surface area contributed by atoms with Crippen LogP contribution >= 0.6 is 0 Å². The van der Waals surface area contributed by atoms with Crippen LogP contribution in [0.1, 0.15) is 11.1 Å². The third kappa shape index (κ3) is 3.24. The molecule has 3 aromatic heterocycles. The molecule has 0 saturated carbocycles. The van der Waals surface area contributed by atoms with Gasteiger partial charge in [0.25, 0.3) is 0 Å². The average Bonchev–Trinajstić information content (AvgIpc) is 3.24. The Hall–Kier alpha value is -3.87. The van der Waals surface area contributed by atoms with Crippen LogP contribution in [-0.2, 0) is 6.42 Å². The maximum absolute atomic E-state index is 14.0. The molecule has 6 nitrogen and oxygen atoms in total. The van der Waals surface area contributed by atoms with E-state index in [1.165, 1.54) is 12.4 Å². The number of anilines is 1. The molecule has 5 rings (SSSR count). The summed E-state index contributed by atoms with van der Waals surface area (Å²) in [6, 6.07) is 12.8. The fourth-order valence-electron chi connectivity index (χ4n) is 3.86. The van der Waals surface area contributed by atoms with Crippen LogP contribution in [0.3, 0.4) is 0 Å². The topological polar surface area (TPSA) is 79.4 Å². The number of pyridine rings is 1. The van der Waals surface area contributed by atoms with E-state index in [1.54, 1.807) is 24.7 Å². The third-order valence-corrected chi connectivity index (χ3v) is 5.20. The van der Waals surface area contributed by atoms with E-state index in [9.17, 15) is 4.39 Å². The number of nitrogens with one attached hydrogen (secondary N) is 2. The highest BCUT2D eigenvalue weighted by Gasteiger charge is 2.14. The molecule has 0 saturated heterocycles. The van der Waals surface area contributed by atoms with Crippen molar-refractivity contribution in [2.45, 2.75) is 13.3 Å². The summed E-state index contributed by atoms with van der Waals surface area (Å²) in [5.74, 6) is 0.448. The Morgan fingerprint density at radius 3 is 2.87 bits per heavy atom. The van der Waals surface area contributed by atoms with Gasteiger partial charge in [-0.1, -0.05) is 24.3 Å². The summed E-state index contributed by atoms with van der Waals surface area (Å²) in [5.41, 5.74) is 6.32. The van der Waals surface area contributed by atoms with E-state index < -0.39 is 0 Å². The summed E-state index contributed by atoms with van der Waals surface area (Å²) in [5, 5.41) is 4.44. The molecular formula is C23H19FN6. The first-order valence-corrected chi connectivity index (χ1v) is 9.72. The Labute approximate surface area is 172 Å². The molecule has 0 bridgehead atoms. The minimum absolute atomic E-state index is 0.260. The van der Waals surface area contributed by atoms with E-state index in [0.29, 0.717) is 18.0 Å². The van der Waals surface area contributed by atoms with Crippen molar-refractivity contribution in [2.24, 2.45) is 0 Å². The van der Waals surface area contributed by atoms with Crippen LogP contribution in [0.2, 0.25) is 0 Å². The number of nitrogens with zero attached hydrogens (tertiary/aromatic N) is 4. The van der Waals surface area contributed by atoms with Crippen molar-refractivity contribution in [2.75, 3.05) is 11.9 Å². The number of halogens is 1. The first-order chi connectivity index (χ1) is 14.7. The van der Waals surface area contributed by atoms with E-state index >= 15 is 0 Å². The van der Waals surface area contributed by atoms with Crippen LogP contribution in [0, 0.1) is 12.7 Å². The maximum Gasteiger partial charge on any atom is 0.182 e. The van der Waals surface area contributed by atoms with E-state index in [-0.39, 0.29) is 5.82 Å². The fraction of sp³-hybridized carbons (Fsp3) is 0.130. The summed E-state index contributed by atoms with van der Waals surface area (Å²) in [6.07, 6.45) is 5.60. The number of imidazole rings is 1. The molecule has 2 aromatic carbocycles. The van der Waals surface area contributed by atoms with Crippen LogP contribution in [0.5, 0.6) is 0 Å². The molecule has 0 fully saturated rings. The van der Waals surface area contributed by atoms with E-state index in [4.69, 9.17) is 0 Å². The minimum atomic E-state index is -0.260. The van der Waals surface area contributed by atoms with Gasteiger partial charge in [-0.3, -0.25) is 4.98 Å². The van der Waals surface area contributed by atoms with Gasteiger partial charge in [0.05, 0.1) is 11.8 Å². The summed E-state index contributed by atoms with van der Waals surface area (Å²) in [4.78, 5) is 20.3. The number of aromatic amines is 1. The van der Waals surface area contributed by atoms with E-state index in [0.717, 1.165) is 45.1 Å². The molecule has 3 heterocycles. The predicted molar refractivity (Wildman–Crippen MR) is 116 cm³/mol. The highest BCUT2D eigenvalue weighted by molar-refractivity contribution is 5.97. The van der Waals surface area contributed by atoms with Gasteiger partial charge in [0.1, 0.15) is 17.7 Å². The normalized spacial score (nSPS) is 11.3. The Bertz CT molecular complexity index is 1360. The molecule has 0 aliphatic heterocycles. The van der Waals surface area contributed by atoms with Crippen LogP contribution in [-0.4, -0.2) is 31.5 Å². The van der Waals surface area contributed by atoms with Crippen LogP contribution in [0.25, 0.3) is 33.2 Å². The Kier molecular flexibility index (Phi) is 4.55. The molecule has 5 aromatic rings. The highest BCUT2D eigenvalue weighted by atomic mass is 19.1. The van der Waals surface area contributed by atoms with E-state index in [1.807, 2.05) is 12.1 Å². The van der Waals surface area contributed by atoms with Gasteiger partial charge in [0.2, 0.25) is 0 Å². The number of H-pyrrole nitrogens is 1. The van der Waals surface area contributed by atoms with Gasteiger partial charge < -0.3 is 10.3 Å². The second-order valence-electron chi connectivity index (χ2n) is 7.14. The second-order valence-corrected chi connectivity index (χ2v) is 7.14. The largest absolute Gasteiger partial charge is 0.368 e. The summed E-state index contributed by atoms with van der Waals surface area (Å²) >= 11 is 0. The molecule has 7 heteroatoms. The van der Waals surface area contributed by atoms with Crippen LogP contribution < -0.4 is 5.32 Å². The molecule has 0 aliphatic carbocycles. The molecule has 0 aliphatic rings. The first kappa shape index (κ1) is 18.2. The van der Waals surface area contributed by atoms with E-state index in [2.05, 4.69) is 49.3 Å². The lowest BCUT2D eigenvalue weighted by Crippen LogP contribution is -2.08. The Morgan fingerprint density at radius 1 is 1.03 bits per heavy atom. The summed E-state index contributed by atoms with van der Waals surface area (Å²) < 4.78 is 14.0. The third-order valence-electron chi connectivity index (χ3n) is 5.20. The number of benzene rings is 2. The van der Waals surface area contributed by atoms with Gasteiger partial charge in [-0.25, -0.2) is 19.3 Å². The monoisotopic (exact) mass is 398 g/mol. The predicted octanol–water partition coefficient (Wildman–Crippen LogP) is 4.67. The van der Waals surface area contributed by atoms with Gasteiger partial charge in [0, 0.05) is 23.7 Å². The van der Waals surface area contributed by atoms with Crippen molar-refractivity contribution >= 4 is 27.9 Å². The number of rotatable bonds is 5. The summed E-state index contributed by atoms with van der Waals surface area (Å²) in [7, 11) is 0. The molecule has 0 atom stereocenters. The van der Waals surface area contributed by atoms with Crippen molar-refractivity contribution < 1.29 is 4.39 Å². The maximum atomic E-state index is 14.0. The van der Waals surface area contributed by atoms with Gasteiger partial charge in [-0.05, 0) is 48.2 Å². The molecule has 2 N–H and O–H groups in total. The molecule has 0 spiro atoms. The smallest absolute Gasteiger partial charge is 0.182 e. The zero-order valence-corrected chi connectivity index (χ0v) is 16.4. The Balaban J connectivity index is 1.53.